The summed E-state index contributed by atoms with van der Waals surface area (Å²) in [5.74, 6) is -0.763. The van der Waals surface area contributed by atoms with E-state index in [1.807, 2.05) is 103 Å². The van der Waals surface area contributed by atoms with Gasteiger partial charge in [0, 0.05) is 11.0 Å². The summed E-state index contributed by atoms with van der Waals surface area (Å²) in [7, 11) is 0. The smallest absolute Gasteiger partial charge is 0.170 e. The van der Waals surface area contributed by atoms with Gasteiger partial charge in [0.1, 0.15) is 5.60 Å². The van der Waals surface area contributed by atoms with E-state index in [2.05, 4.69) is 31.2 Å². The lowest BCUT2D eigenvalue weighted by Gasteiger charge is -2.49. The molecule has 0 saturated carbocycles. The number of hydrogen-bond acceptors (Lipinski definition) is 2. The first-order chi connectivity index (χ1) is 16.5. The van der Waals surface area contributed by atoms with Crippen LogP contribution in [-0.2, 0) is 11.0 Å². The molecule has 3 atom stereocenters. The van der Waals surface area contributed by atoms with E-state index in [1.165, 1.54) is 0 Å². The minimum Gasteiger partial charge on any atom is -0.380 e. The average molecular weight is 445 g/mol. The van der Waals surface area contributed by atoms with E-state index in [0.717, 1.165) is 22.3 Å². The lowest BCUT2D eigenvalue weighted by Crippen LogP contribution is -2.53. The van der Waals surface area contributed by atoms with Gasteiger partial charge in [0.25, 0.3) is 0 Å². The molecule has 0 aliphatic heterocycles. The Labute approximate surface area is 201 Å². The fourth-order valence-corrected chi connectivity index (χ4v) is 5.52. The van der Waals surface area contributed by atoms with Crippen molar-refractivity contribution in [2.75, 3.05) is 0 Å². The minimum atomic E-state index is -1.48. The third-order valence-electron chi connectivity index (χ3n) is 7.16. The Morgan fingerprint density at radius 2 is 1.18 bits per heavy atom. The number of carbonyl (C=O) groups is 1. The summed E-state index contributed by atoms with van der Waals surface area (Å²) in [5.41, 5.74) is 2.35. The zero-order valence-corrected chi connectivity index (χ0v) is 19.3. The molecule has 0 fully saturated rings. The number of ketones is 1. The fourth-order valence-electron chi connectivity index (χ4n) is 5.52. The van der Waals surface area contributed by atoms with Crippen molar-refractivity contribution in [3.05, 3.63) is 150 Å². The van der Waals surface area contributed by atoms with Crippen LogP contribution < -0.4 is 0 Å². The van der Waals surface area contributed by atoms with Gasteiger partial charge in [-0.2, -0.15) is 0 Å². The van der Waals surface area contributed by atoms with Gasteiger partial charge in [0.15, 0.2) is 5.78 Å². The molecule has 0 radical (unpaired) electrons. The first-order valence-corrected chi connectivity index (χ1v) is 11.7. The predicted octanol–water partition coefficient (Wildman–Crippen LogP) is 6.82. The van der Waals surface area contributed by atoms with Crippen LogP contribution in [0.25, 0.3) is 5.57 Å². The topological polar surface area (TPSA) is 37.3 Å². The standard InChI is InChI=1S/C32H28O2/c1-31(27-18-10-4-11-19-27)22-26(24-14-6-2-7-15-24)23-32(34,28-20-12-5-13-21-28)30(31)29(33)25-16-8-3-9-17-25/h2-21,23,30,34H,22H2,1H3/t30-,31-,32-/m1/s1. The molecule has 0 amide bonds. The number of aliphatic hydroxyl groups is 1. The van der Waals surface area contributed by atoms with Crippen LogP contribution in [-0.4, -0.2) is 10.9 Å². The van der Waals surface area contributed by atoms with Crippen molar-refractivity contribution in [3.8, 4) is 0 Å². The highest BCUT2D eigenvalue weighted by Gasteiger charge is 2.55. The SMILES string of the molecule is C[C@]1(c2ccccc2)CC(c2ccccc2)=C[C@@](O)(c2ccccc2)[C@@H]1C(=O)c1ccccc1. The highest BCUT2D eigenvalue weighted by Crippen LogP contribution is 2.54. The second kappa shape index (κ2) is 8.89. The minimum absolute atomic E-state index is 0.0540. The van der Waals surface area contributed by atoms with Crippen molar-refractivity contribution >= 4 is 11.4 Å². The number of rotatable bonds is 5. The lowest BCUT2D eigenvalue weighted by molar-refractivity contribution is -0.00846. The average Bonchev–Trinajstić information content (AvgIpc) is 2.90. The summed E-state index contributed by atoms with van der Waals surface area (Å²) in [6.07, 6.45) is 2.56. The molecule has 0 saturated heterocycles. The Morgan fingerprint density at radius 1 is 0.706 bits per heavy atom. The van der Waals surface area contributed by atoms with E-state index in [-0.39, 0.29) is 5.78 Å². The highest BCUT2D eigenvalue weighted by atomic mass is 16.3. The number of allylic oxidation sites excluding steroid dienone is 1. The summed E-state index contributed by atoms with van der Waals surface area (Å²) >= 11 is 0. The number of Topliss-reactive ketones (excluding diaryl/α,β-unsaturated/α-hetero) is 1. The van der Waals surface area contributed by atoms with Crippen LogP contribution in [0.2, 0.25) is 0 Å². The molecule has 0 aromatic heterocycles. The van der Waals surface area contributed by atoms with Gasteiger partial charge in [0.2, 0.25) is 0 Å². The van der Waals surface area contributed by atoms with Crippen molar-refractivity contribution in [1.82, 2.24) is 0 Å². The van der Waals surface area contributed by atoms with Crippen molar-refractivity contribution in [3.63, 3.8) is 0 Å². The molecule has 4 aromatic rings. The van der Waals surface area contributed by atoms with Gasteiger partial charge >= 0.3 is 0 Å². The second-order valence-corrected chi connectivity index (χ2v) is 9.35. The van der Waals surface area contributed by atoms with Crippen LogP contribution in [0.1, 0.15) is 40.4 Å². The summed E-state index contributed by atoms with van der Waals surface area (Å²) in [6, 6.07) is 39.3. The lowest BCUT2D eigenvalue weighted by atomic mass is 9.54. The first kappa shape index (κ1) is 22.1. The Bertz CT molecular complexity index is 1300. The van der Waals surface area contributed by atoms with Gasteiger partial charge in [-0.05, 0) is 34.8 Å². The van der Waals surface area contributed by atoms with E-state index in [0.29, 0.717) is 12.0 Å². The summed E-state index contributed by atoms with van der Waals surface area (Å²) < 4.78 is 0. The highest BCUT2D eigenvalue weighted by molar-refractivity contribution is 6.01. The maximum absolute atomic E-state index is 14.2. The first-order valence-electron chi connectivity index (χ1n) is 11.7. The molecule has 34 heavy (non-hydrogen) atoms. The zero-order chi connectivity index (χ0) is 23.6. The molecule has 2 nitrogen and oxygen atoms in total. The number of hydrogen-bond donors (Lipinski definition) is 1. The van der Waals surface area contributed by atoms with Gasteiger partial charge in [-0.3, -0.25) is 4.79 Å². The molecule has 0 bridgehead atoms. The maximum Gasteiger partial charge on any atom is 0.170 e. The normalized spacial score (nSPS) is 24.3. The molecule has 1 N–H and O–H groups in total. The van der Waals surface area contributed by atoms with Crippen molar-refractivity contribution in [1.29, 1.82) is 0 Å². The van der Waals surface area contributed by atoms with Gasteiger partial charge in [0.05, 0.1) is 5.92 Å². The molecular weight excluding hydrogens is 416 g/mol. The van der Waals surface area contributed by atoms with Gasteiger partial charge < -0.3 is 5.11 Å². The van der Waals surface area contributed by atoms with Crippen LogP contribution in [0.3, 0.4) is 0 Å². The molecule has 5 rings (SSSR count). The number of benzene rings is 4. The Balaban J connectivity index is 1.80. The van der Waals surface area contributed by atoms with E-state index >= 15 is 0 Å². The molecule has 2 heteroatoms. The van der Waals surface area contributed by atoms with Crippen LogP contribution >= 0.6 is 0 Å². The van der Waals surface area contributed by atoms with Crippen molar-refractivity contribution < 1.29 is 9.90 Å². The van der Waals surface area contributed by atoms with E-state index in [4.69, 9.17) is 0 Å². The molecule has 1 aliphatic carbocycles. The van der Waals surface area contributed by atoms with E-state index in [1.54, 1.807) is 0 Å². The third-order valence-corrected chi connectivity index (χ3v) is 7.16. The van der Waals surface area contributed by atoms with E-state index in [9.17, 15) is 9.90 Å². The summed E-state index contributed by atoms with van der Waals surface area (Å²) in [6.45, 7) is 2.12. The zero-order valence-electron chi connectivity index (χ0n) is 19.3. The Morgan fingerprint density at radius 3 is 1.74 bits per heavy atom. The molecular formula is C32H28O2. The largest absolute Gasteiger partial charge is 0.380 e. The van der Waals surface area contributed by atoms with Gasteiger partial charge in [-0.1, -0.05) is 128 Å². The third kappa shape index (κ3) is 3.81. The second-order valence-electron chi connectivity index (χ2n) is 9.35. The number of carbonyl (C=O) groups excluding carboxylic acids is 1. The van der Waals surface area contributed by atoms with Crippen LogP contribution in [0.5, 0.6) is 0 Å². The van der Waals surface area contributed by atoms with Crippen LogP contribution in [0.15, 0.2) is 127 Å². The van der Waals surface area contributed by atoms with Crippen molar-refractivity contribution in [2.24, 2.45) is 5.92 Å². The van der Waals surface area contributed by atoms with E-state index < -0.39 is 16.9 Å². The maximum atomic E-state index is 14.2. The van der Waals surface area contributed by atoms with Gasteiger partial charge in [-0.25, -0.2) is 0 Å². The monoisotopic (exact) mass is 444 g/mol. The Kier molecular flexibility index (Phi) is 5.77. The molecule has 1 aliphatic rings. The Hall–Kier alpha value is -3.75. The molecule has 0 heterocycles. The summed E-state index contributed by atoms with van der Waals surface area (Å²) in [5, 5.41) is 12.6. The molecule has 4 aromatic carbocycles. The molecule has 0 spiro atoms. The quantitative estimate of drug-likeness (QED) is 0.343. The predicted molar refractivity (Wildman–Crippen MR) is 137 cm³/mol. The molecule has 168 valence electrons. The van der Waals surface area contributed by atoms with Crippen LogP contribution in [0.4, 0.5) is 0 Å². The fraction of sp³-hybridized carbons (Fsp3) is 0.156. The van der Waals surface area contributed by atoms with Crippen LogP contribution in [0, 0.1) is 5.92 Å². The van der Waals surface area contributed by atoms with Gasteiger partial charge in [-0.15, -0.1) is 0 Å². The van der Waals surface area contributed by atoms with Crippen molar-refractivity contribution in [2.45, 2.75) is 24.4 Å². The molecule has 0 unspecified atom stereocenters. The summed E-state index contributed by atoms with van der Waals surface area (Å²) in [4.78, 5) is 14.2.